The first kappa shape index (κ1) is 24.1. The van der Waals surface area contributed by atoms with E-state index < -0.39 is 10.0 Å². The molecule has 0 atom stereocenters. The predicted octanol–water partition coefficient (Wildman–Crippen LogP) is 3.30. The maximum absolute atomic E-state index is 13.2. The molecule has 1 fully saturated rings. The summed E-state index contributed by atoms with van der Waals surface area (Å²) in [5.74, 6) is 1.02. The van der Waals surface area contributed by atoms with Crippen molar-refractivity contribution in [2.45, 2.75) is 31.2 Å². The number of carbonyl (C=O) groups excluding carboxylic acids is 1. The highest BCUT2D eigenvalue weighted by molar-refractivity contribution is 7.89. The Morgan fingerprint density at radius 2 is 1.85 bits per heavy atom. The van der Waals surface area contributed by atoms with Gasteiger partial charge < -0.3 is 19.4 Å². The summed E-state index contributed by atoms with van der Waals surface area (Å²) in [6.45, 7) is 3.44. The van der Waals surface area contributed by atoms with Crippen molar-refractivity contribution < 1.29 is 22.7 Å². The Morgan fingerprint density at radius 3 is 2.56 bits per heavy atom. The highest BCUT2D eigenvalue weighted by atomic mass is 32.2. The molecule has 0 saturated carbocycles. The molecule has 8 nitrogen and oxygen atoms in total. The SMILES string of the molecule is CCOc1cc(CNC(=O)C2CCN(S(=O)(=O)c3ccc4c(ccn4C)c3)CC2)ccc1OC. The van der Waals surface area contributed by atoms with Crippen LogP contribution in [0.25, 0.3) is 10.9 Å². The third kappa shape index (κ3) is 4.90. The number of amides is 1. The third-order valence-electron chi connectivity index (χ3n) is 6.31. The summed E-state index contributed by atoms with van der Waals surface area (Å²) in [6, 6.07) is 12.7. The summed E-state index contributed by atoms with van der Waals surface area (Å²) >= 11 is 0. The van der Waals surface area contributed by atoms with Crippen molar-refractivity contribution in [2.24, 2.45) is 13.0 Å². The van der Waals surface area contributed by atoms with Gasteiger partial charge in [-0.2, -0.15) is 4.31 Å². The Balaban J connectivity index is 1.34. The molecule has 2 heterocycles. The van der Waals surface area contributed by atoms with Gasteiger partial charge in [0, 0.05) is 49.7 Å². The van der Waals surface area contributed by atoms with Crippen LogP contribution in [0.5, 0.6) is 11.5 Å². The number of fused-ring (bicyclic) bond motifs is 1. The Morgan fingerprint density at radius 1 is 1.09 bits per heavy atom. The zero-order valence-corrected chi connectivity index (χ0v) is 20.6. The van der Waals surface area contributed by atoms with Crippen molar-refractivity contribution in [1.82, 2.24) is 14.2 Å². The number of hydrogen-bond donors (Lipinski definition) is 1. The molecular weight excluding hydrogens is 454 g/mol. The topological polar surface area (TPSA) is 89.9 Å². The van der Waals surface area contributed by atoms with E-state index in [-0.39, 0.29) is 11.8 Å². The van der Waals surface area contributed by atoms with Crippen molar-refractivity contribution >= 4 is 26.8 Å². The molecule has 0 radical (unpaired) electrons. The number of aryl methyl sites for hydroxylation is 1. The standard InChI is InChI=1S/C25H31N3O5S/c1-4-33-24-15-18(5-8-23(24)32-3)17-26-25(29)19-10-13-28(14-11-19)34(30,31)21-6-7-22-20(16-21)9-12-27(22)2/h5-9,12,15-16,19H,4,10-11,13-14,17H2,1-3H3,(H,26,29). The smallest absolute Gasteiger partial charge is 0.243 e. The van der Waals surface area contributed by atoms with Crippen LogP contribution in [0.2, 0.25) is 0 Å². The second-order valence-corrected chi connectivity index (χ2v) is 10.4. The van der Waals surface area contributed by atoms with E-state index in [1.54, 1.807) is 19.2 Å². The highest BCUT2D eigenvalue weighted by Crippen LogP contribution is 2.29. The van der Waals surface area contributed by atoms with Crippen molar-refractivity contribution in [3.05, 3.63) is 54.2 Å². The van der Waals surface area contributed by atoms with Crippen LogP contribution in [0.3, 0.4) is 0 Å². The fourth-order valence-corrected chi connectivity index (χ4v) is 5.87. The van der Waals surface area contributed by atoms with Gasteiger partial charge >= 0.3 is 0 Å². The number of piperidine rings is 1. The number of methoxy groups -OCH3 is 1. The first-order chi connectivity index (χ1) is 16.3. The average molecular weight is 486 g/mol. The number of rotatable bonds is 8. The molecule has 1 amide bonds. The van der Waals surface area contributed by atoms with Crippen LogP contribution >= 0.6 is 0 Å². The van der Waals surface area contributed by atoms with Crippen LogP contribution in [-0.4, -0.2) is 50.0 Å². The van der Waals surface area contributed by atoms with E-state index in [1.165, 1.54) is 4.31 Å². The number of sulfonamides is 1. The first-order valence-electron chi connectivity index (χ1n) is 11.5. The molecule has 0 unspecified atom stereocenters. The lowest BCUT2D eigenvalue weighted by Crippen LogP contribution is -2.42. The minimum atomic E-state index is -3.60. The van der Waals surface area contributed by atoms with E-state index in [9.17, 15) is 13.2 Å². The Labute approximate surface area is 200 Å². The summed E-state index contributed by atoms with van der Waals surface area (Å²) in [7, 11) is -0.0803. The molecule has 3 aromatic rings. The molecule has 9 heteroatoms. The van der Waals surface area contributed by atoms with Gasteiger partial charge in [-0.05, 0) is 61.7 Å². The Bertz CT molecular complexity index is 1280. The number of aromatic nitrogens is 1. The number of nitrogens with zero attached hydrogens (tertiary/aromatic N) is 2. The van der Waals surface area contributed by atoms with Gasteiger partial charge in [0.2, 0.25) is 15.9 Å². The number of nitrogens with one attached hydrogen (secondary N) is 1. The van der Waals surface area contributed by atoms with E-state index in [1.807, 2.05) is 55.1 Å². The lowest BCUT2D eigenvalue weighted by atomic mass is 9.97. The number of hydrogen-bond acceptors (Lipinski definition) is 5. The van der Waals surface area contributed by atoms with Crippen LogP contribution in [0.4, 0.5) is 0 Å². The third-order valence-corrected chi connectivity index (χ3v) is 8.21. The van der Waals surface area contributed by atoms with Crippen LogP contribution in [0.1, 0.15) is 25.3 Å². The van der Waals surface area contributed by atoms with Crippen molar-refractivity contribution in [3.8, 4) is 11.5 Å². The van der Waals surface area contributed by atoms with Crippen LogP contribution in [0, 0.1) is 5.92 Å². The summed E-state index contributed by atoms with van der Waals surface area (Å²) in [4.78, 5) is 13.0. The molecule has 0 bridgehead atoms. The summed E-state index contributed by atoms with van der Waals surface area (Å²) in [5.41, 5.74) is 1.90. The van der Waals surface area contributed by atoms with Crippen LogP contribution < -0.4 is 14.8 Å². The fraction of sp³-hybridized carbons (Fsp3) is 0.400. The van der Waals surface area contributed by atoms with Gasteiger partial charge in [-0.3, -0.25) is 4.79 Å². The van der Waals surface area contributed by atoms with Gasteiger partial charge in [0.25, 0.3) is 0 Å². The zero-order valence-electron chi connectivity index (χ0n) is 19.8. The second kappa shape index (κ2) is 10.1. The molecule has 182 valence electrons. The van der Waals surface area contributed by atoms with Gasteiger partial charge in [-0.1, -0.05) is 6.07 Å². The van der Waals surface area contributed by atoms with E-state index in [2.05, 4.69) is 5.32 Å². The average Bonchev–Trinajstić information content (AvgIpc) is 3.23. The number of ether oxygens (including phenoxy) is 2. The summed E-state index contributed by atoms with van der Waals surface area (Å²) in [6.07, 6.45) is 2.89. The lowest BCUT2D eigenvalue weighted by molar-refractivity contribution is -0.126. The predicted molar refractivity (Wildman–Crippen MR) is 130 cm³/mol. The number of benzene rings is 2. The van der Waals surface area contributed by atoms with Gasteiger partial charge in [0.15, 0.2) is 11.5 Å². The van der Waals surface area contributed by atoms with Gasteiger partial charge in [-0.25, -0.2) is 8.42 Å². The largest absolute Gasteiger partial charge is 0.493 e. The second-order valence-electron chi connectivity index (χ2n) is 8.46. The summed E-state index contributed by atoms with van der Waals surface area (Å²) in [5, 5.41) is 3.87. The van der Waals surface area contributed by atoms with E-state index in [4.69, 9.17) is 9.47 Å². The molecule has 34 heavy (non-hydrogen) atoms. The minimum absolute atomic E-state index is 0.0588. The Hall–Kier alpha value is -3.04. The highest BCUT2D eigenvalue weighted by Gasteiger charge is 2.32. The zero-order chi connectivity index (χ0) is 24.3. The van der Waals surface area contributed by atoms with Crippen molar-refractivity contribution in [3.63, 3.8) is 0 Å². The maximum Gasteiger partial charge on any atom is 0.243 e. The van der Waals surface area contributed by atoms with Gasteiger partial charge in [0.05, 0.1) is 18.6 Å². The van der Waals surface area contributed by atoms with E-state index in [0.717, 1.165) is 16.5 Å². The molecule has 0 spiro atoms. The molecule has 1 saturated heterocycles. The monoisotopic (exact) mass is 485 g/mol. The number of carbonyl (C=O) groups is 1. The first-order valence-corrected chi connectivity index (χ1v) is 12.9. The van der Waals surface area contributed by atoms with E-state index >= 15 is 0 Å². The molecule has 1 aromatic heterocycles. The maximum atomic E-state index is 13.2. The normalized spacial score (nSPS) is 15.4. The Kier molecular flexibility index (Phi) is 7.13. The van der Waals surface area contributed by atoms with Crippen LogP contribution in [0.15, 0.2) is 53.6 Å². The molecule has 2 aromatic carbocycles. The minimum Gasteiger partial charge on any atom is -0.493 e. The van der Waals surface area contributed by atoms with Gasteiger partial charge in [0.1, 0.15) is 0 Å². The van der Waals surface area contributed by atoms with Crippen LogP contribution in [-0.2, 0) is 28.4 Å². The van der Waals surface area contributed by atoms with Crippen molar-refractivity contribution in [2.75, 3.05) is 26.8 Å². The lowest BCUT2D eigenvalue weighted by Gasteiger charge is -2.30. The molecular formula is C25H31N3O5S. The van der Waals surface area contributed by atoms with Crippen molar-refractivity contribution in [1.29, 1.82) is 0 Å². The van der Waals surface area contributed by atoms with E-state index in [0.29, 0.717) is 55.5 Å². The quantitative estimate of drug-likeness (QED) is 0.529. The molecule has 1 N–H and O–H groups in total. The molecule has 4 rings (SSSR count). The fourth-order valence-electron chi connectivity index (χ4n) is 4.36. The van der Waals surface area contributed by atoms with Gasteiger partial charge in [-0.15, -0.1) is 0 Å². The molecule has 1 aliphatic rings. The molecule has 1 aliphatic heterocycles. The summed E-state index contributed by atoms with van der Waals surface area (Å²) < 4.78 is 40.7. The molecule has 0 aliphatic carbocycles.